The Bertz CT molecular complexity index is 586. The number of carbonyl (C=O) groups excluding carboxylic acids is 1. The summed E-state index contributed by atoms with van der Waals surface area (Å²) in [4.78, 5) is 16.6. The minimum atomic E-state index is -0.182. The fourth-order valence-electron chi connectivity index (χ4n) is 3.83. The summed E-state index contributed by atoms with van der Waals surface area (Å²) in [5, 5.41) is 4.31. The highest BCUT2D eigenvalue weighted by Crippen LogP contribution is 2.40. The van der Waals surface area contributed by atoms with E-state index in [1.165, 1.54) is 32.1 Å². The number of hydrogen-bond acceptors (Lipinski definition) is 3. The number of benzene rings is 1. The smallest absolute Gasteiger partial charge is 0.266 e. The number of hydrogen-bond donors (Lipinski definition) is 1. The van der Waals surface area contributed by atoms with E-state index in [1.807, 2.05) is 30.3 Å². The molecule has 1 aliphatic carbocycles. The topological polar surface area (TPSA) is 41.5 Å². The SMILES string of the molecule is CCC1CCCC(CC)(NC2=NC(=O)C(c3ccccc3)S2)C1. The summed E-state index contributed by atoms with van der Waals surface area (Å²) in [7, 11) is 0. The van der Waals surface area contributed by atoms with Crippen molar-refractivity contribution in [1.29, 1.82) is 0 Å². The van der Waals surface area contributed by atoms with Crippen molar-refractivity contribution in [2.24, 2.45) is 10.9 Å². The fraction of sp³-hybridized carbons (Fsp3) is 0.579. The van der Waals surface area contributed by atoms with Gasteiger partial charge < -0.3 is 5.32 Å². The number of nitrogens with zero attached hydrogens (tertiary/aromatic N) is 1. The highest BCUT2D eigenvalue weighted by molar-refractivity contribution is 8.15. The van der Waals surface area contributed by atoms with Crippen LogP contribution in [-0.4, -0.2) is 16.6 Å². The zero-order valence-corrected chi connectivity index (χ0v) is 14.9. The van der Waals surface area contributed by atoms with Crippen LogP contribution in [0.1, 0.15) is 63.2 Å². The molecular weight excluding hydrogens is 304 g/mol. The maximum atomic E-state index is 12.3. The molecule has 1 saturated carbocycles. The average molecular weight is 330 g/mol. The highest BCUT2D eigenvalue weighted by Gasteiger charge is 2.38. The number of carbonyl (C=O) groups is 1. The summed E-state index contributed by atoms with van der Waals surface area (Å²) in [6.07, 6.45) is 7.33. The van der Waals surface area contributed by atoms with Crippen molar-refractivity contribution in [3.63, 3.8) is 0 Å². The molecule has 1 heterocycles. The van der Waals surface area contributed by atoms with E-state index in [4.69, 9.17) is 0 Å². The number of rotatable bonds is 4. The molecule has 4 heteroatoms. The quantitative estimate of drug-likeness (QED) is 0.870. The van der Waals surface area contributed by atoms with Crippen molar-refractivity contribution in [1.82, 2.24) is 5.32 Å². The number of aliphatic imine (C=N–C) groups is 1. The third kappa shape index (κ3) is 3.63. The molecule has 2 aliphatic rings. The monoisotopic (exact) mass is 330 g/mol. The molecule has 23 heavy (non-hydrogen) atoms. The van der Waals surface area contributed by atoms with Gasteiger partial charge in [-0.1, -0.05) is 75.2 Å². The first-order valence-corrected chi connectivity index (χ1v) is 9.66. The lowest BCUT2D eigenvalue weighted by Gasteiger charge is -2.41. The van der Waals surface area contributed by atoms with Gasteiger partial charge in [-0.05, 0) is 30.7 Å². The summed E-state index contributed by atoms with van der Waals surface area (Å²) in [6, 6.07) is 9.96. The molecule has 0 aromatic heterocycles. The molecule has 1 amide bonds. The second-order valence-electron chi connectivity index (χ2n) is 6.79. The lowest BCUT2D eigenvalue weighted by atomic mass is 9.73. The Morgan fingerprint density at radius 3 is 2.78 bits per heavy atom. The Hall–Kier alpha value is -1.29. The molecule has 1 aromatic rings. The molecule has 0 radical (unpaired) electrons. The molecule has 1 N–H and O–H groups in total. The molecular formula is C19H26N2OS. The standard InChI is InChI=1S/C19H26N2OS/c1-3-14-9-8-12-19(4-2,13-14)21-18-20-17(22)16(23-18)15-10-6-5-7-11-15/h5-7,10-11,14,16H,3-4,8-9,12-13H2,1-2H3,(H,20,21,22). The zero-order chi connectivity index (χ0) is 16.3. The van der Waals surface area contributed by atoms with E-state index in [0.717, 1.165) is 23.1 Å². The average Bonchev–Trinajstić information content (AvgIpc) is 2.96. The van der Waals surface area contributed by atoms with E-state index in [2.05, 4.69) is 24.2 Å². The van der Waals surface area contributed by atoms with Crippen molar-refractivity contribution in [3.05, 3.63) is 35.9 Å². The van der Waals surface area contributed by atoms with Crippen molar-refractivity contribution in [2.45, 2.75) is 63.2 Å². The zero-order valence-electron chi connectivity index (χ0n) is 14.0. The summed E-state index contributed by atoms with van der Waals surface area (Å²) >= 11 is 1.58. The lowest BCUT2D eigenvalue weighted by molar-refractivity contribution is -0.117. The Morgan fingerprint density at radius 1 is 1.30 bits per heavy atom. The van der Waals surface area contributed by atoms with Gasteiger partial charge in [0, 0.05) is 5.54 Å². The predicted octanol–water partition coefficient (Wildman–Crippen LogP) is 4.70. The molecule has 3 atom stereocenters. The van der Waals surface area contributed by atoms with E-state index in [9.17, 15) is 4.79 Å². The van der Waals surface area contributed by atoms with Crippen LogP contribution in [0.25, 0.3) is 0 Å². The van der Waals surface area contributed by atoms with Gasteiger partial charge in [0.2, 0.25) is 0 Å². The Morgan fingerprint density at radius 2 is 2.09 bits per heavy atom. The minimum absolute atomic E-state index is 0.0298. The second kappa shape index (κ2) is 7.08. The summed E-state index contributed by atoms with van der Waals surface area (Å²) in [6.45, 7) is 4.54. The van der Waals surface area contributed by atoms with Crippen LogP contribution >= 0.6 is 11.8 Å². The van der Waals surface area contributed by atoms with E-state index < -0.39 is 0 Å². The van der Waals surface area contributed by atoms with Gasteiger partial charge in [-0.2, -0.15) is 4.99 Å². The third-order valence-corrected chi connectivity index (χ3v) is 6.47. The normalized spacial score (nSPS) is 31.0. The van der Waals surface area contributed by atoms with E-state index in [1.54, 1.807) is 11.8 Å². The fourth-order valence-corrected chi connectivity index (χ4v) is 4.92. The summed E-state index contributed by atoms with van der Waals surface area (Å²) in [5.41, 5.74) is 1.17. The number of nitrogens with one attached hydrogen (secondary N) is 1. The van der Waals surface area contributed by atoms with Gasteiger partial charge in [0.25, 0.3) is 5.91 Å². The van der Waals surface area contributed by atoms with Crippen molar-refractivity contribution in [2.75, 3.05) is 0 Å². The van der Waals surface area contributed by atoms with Crippen molar-refractivity contribution >= 4 is 22.8 Å². The van der Waals surface area contributed by atoms with Gasteiger partial charge in [-0.25, -0.2) is 0 Å². The number of amidine groups is 1. The predicted molar refractivity (Wildman–Crippen MR) is 97.6 cm³/mol. The van der Waals surface area contributed by atoms with Crippen LogP contribution in [0, 0.1) is 5.92 Å². The van der Waals surface area contributed by atoms with Crippen LogP contribution in [0.15, 0.2) is 35.3 Å². The molecule has 3 unspecified atom stereocenters. The maximum absolute atomic E-state index is 12.3. The highest BCUT2D eigenvalue weighted by atomic mass is 32.2. The van der Waals surface area contributed by atoms with Gasteiger partial charge in [-0.3, -0.25) is 4.79 Å². The lowest BCUT2D eigenvalue weighted by Crippen LogP contribution is -2.50. The van der Waals surface area contributed by atoms with Gasteiger partial charge in [0.15, 0.2) is 5.17 Å². The number of amides is 1. The van der Waals surface area contributed by atoms with Crippen LogP contribution in [0.4, 0.5) is 0 Å². The largest absolute Gasteiger partial charge is 0.359 e. The van der Waals surface area contributed by atoms with E-state index in [0.29, 0.717) is 0 Å². The van der Waals surface area contributed by atoms with Gasteiger partial charge in [0.1, 0.15) is 5.25 Å². The Labute approximate surface area is 143 Å². The summed E-state index contributed by atoms with van der Waals surface area (Å²) in [5.74, 6) is 0.765. The van der Waals surface area contributed by atoms with Crippen molar-refractivity contribution in [3.8, 4) is 0 Å². The molecule has 0 saturated heterocycles. The number of thioether (sulfide) groups is 1. The van der Waals surface area contributed by atoms with Gasteiger partial charge in [-0.15, -0.1) is 0 Å². The van der Waals surface area contributed by atoms with E-state index in [-0.39, 0.29) is 16.7 Å². The molecule has 124 valence electrons. The van der Waals surface area contributed by atoms with Crippen LogP contribution < -0.4 is 5.32 Å². The first-order chi connectivity index (χ1) is 11.2. The van der Waals surface area contributed by atoms with Crippen LogP contribution in [0.2, 0.25) is 0 Å². The molecule has 3 nitrogen and oxygen atoms in total. The molecule has 1 fully saturated rings. The maximum Gasteiger partial charge on any atom is 0.266 e. The molecule has 1 aliphatic heterocycles. The minimum Gasteiger partial charge on any atom is -0.359 e. The molecule has 1 aromatic carbocycles. The first kappa shape index (κ1) is 16.6. The Kier molecular flexibility index (Phi) is 5.10. The first-order valence-electron chi connectivity index (χ1n) is 8.78. The molecule has 3 rings (SSSR count). The van der Waals surface area contributed by atoms with Gasteiger partial charge in [0.05, 0.1) is 0 Å². The molecule has 0 bridgehead atoms. The van der Waals surface area contributed by atoms with Crippen LogP contribution in [0.3, 0.4) is 0 Å². The summed E-state index contributed by atoms with van der Waals surface area (Å²) < 4.78 is 0. The van der Waals surface area contributed by atoms with Gasteiger partial charge >= 0.3 is 0 Å². The van der Waals surface area contributed by atoms with E-state index >= 15 is 0 Å². The Balaban J connectivity index is 1.70. The van der Waals surface area contributed by atoms with Crippen molar-refractivity contribution < 1.29 is 4.79 Å². The van der Waals surface area contributed by atoms with Crippen LogP contribution in [-0.2, 0) is 4.79 Å². The third-order valence-electron chi connectivity index (χ3n) is 5.34. The second-order valence-corrected chi connectivity index (χ2v) is 7.89. The molecule has 0 spiro atoms. The van der Waals surface area contributed by atoms with Crippen LogP contribution in [0.5, 0.6) is 0 Å².